The van der Waals surface area contributed by atoms with Crippen LogP contribution in [-0.4, -0.2) is 60.2 Å². The Morgan fingerprint density at radius 3 is 2.50 bits per heavy atom. The molecule has 0 atom stereocenters. The zero-order chi connectivity index (χ0) is 18.9. The number of guanidine groups is 1. The summed E-state index contributed by atoms with van der Waals surface area (Å²) in [5.74, 6) is 1.94. The topological polar surface area (TPSA) is 57.5 Å². The molecule has 2 heterocycles. The first-order valence-electron chi connectivity index (χ1n) is 10.4. The van der Waals surface area contributed by atoms with Crippen molar-refractivity contribution in [3.63, 3.8) is 0 Å². The molecule has 0 spiro atoms. The lowest BCUT2D eigenvalue weighted by atomic mass is 10.2. The maximum Gasteiger partial charge on any atom is 0.191 e. The van der Waals surface area contributed by atoms with Crippen molar-refractivity contribution in [2.75, 3.05) is 39.8 Å². The smallest absolute Gasteiger partial charge is 0.191 e. The summed E-state index contributed by atoms with van der Waals surface area (Å²) in [6.07, 6.45) is 6.68. The van der Waals surface area contributed by atoms with E-state index in [0.717, 1.165) is 43.4 Å². The van der Waals surface area contributed by atoms with Crippen molar-refractivity contribution in [3.05, 3.63) is 30.1 Å². The Labute approximate surface area is 186 Å². The molecule has 1 aliphatic heterocycles. The second-order valence-corrected chi connectivity index (χ2v) is 7.33. The molecule has 0 radical (unpaired) electrons. The average molecular weight is 498 g/mol. The number of fused-ring (bicyclic) bond motifs is 1. The molecule has 1 aliphatic rings. The van der Waals surface area contributed by atoms with Gasteiger partial charge in [-0.25, -0.2) is 4.98 Å². The van der Waals surface area contributed by atoms with Crippen LogP contribution < -0.4 is 10.6 Å². The van der Waals surface area contributed by atoms with Crippen molar-refractivity contribution < 1.29 is 0 Å². The standard InChI is InChI=1S/C21H34N6.HI/c1-18-25-19-10-5-6-11-20(19)27(18)17-13-24-21(22-2)23-12-9-16-26-14-7-3-4-8-15-26;/h5-6,10-11H,3-4,7-9,12-17H2,1-2H3,(H2,22,23,24);1H. The lowest BCUT2D eigenvalue weighted by Gasteiger charge is -2.20. The van der Waals surface area contributed by atoms with Gasteiger partial charge in [0.05, 0.1) is 11.0 Å². The maximum absolute atomic E-state index is 4.63. The average Bonchev–Trinajstić information content (AvgIpc) is 2.85. The molecule has 2 N–H and O–H groups in total. The van der Waals surface area contributed by atoms with Gasteiger partial charge in [-0.15, -0.1) is 24.0 Å². The van der Waals surface area contributed by atoms with Gasteiger partial charge in [0.25, 0.3) is 0 Å². The number of imidazole rings is 1. The molecule has 0 aliphatic carbocycles. The first kappa shape index (κ1) is 22.9. The van der Waals surface area contributed by atoms with Crippen LogP contribution in [0.2, 0.25) is 0 Å². The summed E-state index contributed by atoms with van der Waals surface area (Å²) in [6.45, 7) is 8.45. The Kier molecular flexibility index (Phi) is 10.0. The monoisotopic (exact) mass is 498 g/mol. The van der Waals surface area contributed by atoms with Crippen LogP contribution in [0.4, 0.5) is 0 Å². The minimum atomic E-state index is 0. The Morgan fingerprint density at radius 1 is 1.04 bits per heavy atom. The van der Waals surface area contributed by atoms with Crippen molar-refractivity contribution in [2.24, 2.45) is 4.99 Å². The lowest BCUT2D eigenvalue weighted by Crippen LogP contribution is -2.40. The molecular weight excluding hydrogens is 463 g/mol. The number of rotatable bonds is 7. The van der Waals surface area contributed by atoms with Gasteiger partial charge in [0, 0.05) is 26.7 Å². The SMILES string of the molecule is CN=C(NCCCN1CCCCCC1)NCCn1c(C)nc2ccccc21.I. The third-order valence-electron chi connectivity index (χ3n) is 5.34. The number of benzene rings is 1. The highest BCUT2D eigenvalue weighted by molar-refractivity contribution is 14.0. The van der Waals surface area contributed by atoms with Crippen LogP contribution in [0.3, 0.4) is 0 Å². The Morgan fingerprint density at radius 2 is 1.75 bits per heavy atom. The normalized spacial score (nSPS) is 15.9. The molecular formula is C21H35IN6. The Bertz CT molecular complexity index is 734. The highest BCUT2D eigenvalue weighted by atomic mass is 127. The molecule has 28 heavy (non-hydrogen) atoms. The van der Waals surface area contributed by atoms with Crippen molar-refractivity contribution in [1.29, 1.82) is 0 Å². The number of likely N-dealkylation sites (tertiary alicyclic amines) is 1. The molecule has 1 aromatic carbocycles. The first-order valence-corrected chi connectivity index (χ1v) is 10.4. The van der Waals surface area contributed by atoms with Gasteiger partial charge in [-0.1, -0.05) is 25.0 Å². The van der Waals surface area contributed by atoms with Gasteiger partial charge >= 0.3 is 0 Å². The maximum atomic E-state index is 4.63. The minimum Gasteiger partial charge on any atom is -0.356 e. The van der Waals surface area contributed by atoms with E-state index in [-0.39, 0.29) is 24.0 Å². The lowest BCUT2D eigenvalue weighted by molar-refractivity contribution is 0.282. The van der Waals surface area contributed by atoms with Crippen LogP contribution in [0.1, 0.15) is 37.9 Å². The third-order valence-corrected chi connectivity index (χ3v) is 5.34. The summed E-state index contributed by atoms with van der Waals surface area (Å²) >= 11 is 0. The van der Waals surface area contributed by atoms with E-state index in [9.17, 15) is 0 Å². The molecule has 2 aromatic rings. The molecule has 0 saturated carbocycles. The summed E-state index contributed by atoms with van der Waals surface area (Å²) in [5.41, 5.74) is 2.25. The quantitative estimate of drug-likeness (QED) is 0.266. The summed E-state index contributed by atoms with van der Waals surface area (Å²) < 4.78 is 2.26. The number of hydrogen-bond acceptors (Lipinski definition) is 3. The molecule has 0 amide bonds. The molecule has 7 heteroatoms. The van der Waals surface area contributed by atoms with E-state index >= 15 is 0 Å². The van der Waals surface area contributed by atoms with Crippen LogP contribution in [0, 0.1) is 6.92 Å². The van der Waals surface area contributed by atoms with Crippen LogP contribution in [0.25, 0.3) is 11.0 Å². The van der Waals surface area contributed by atoms with E-state index in [1.165, 1.54) is 50.8 Å². The second kappa shape index (κ2) is 12.3. The minimum absolute atomic E-state index is 0. The van der Waals surface area contributed by atoms with Crippen molar-refractivity contribution in [1.82, 2.24) is 25.1 Å². The highest BCUT2D eigenvalue weighted by Gasteiger charge is 2.09. The van der Waals surface area contributed by atoms with Gasteiger partial charge in [0.1, 0.15) is 5.82 Å². The summed E-state index contributed by atoms with van der Waals surface area (Å²) in [5, 5.41) is 6.87. The molecule has 0 bridgehead atoms. The van der Waals surface area contributed by atoms with Crippen LogP contribution in [0.5, 0.6) is 0 Å². The van der Waals surface area contributed by atoms with Gasteiger partial charge in [-0.05, 0) is 58.0 Å². The van der Waals surface area contributed by atoms with Crippen LogP contribution in [0.15, 0.2) is 29.3 Å². The van der Waals surface area contributed by atoms with Crippen LogP contribution >= 0.6 is 24.0 Å². The zero-order valence-corrected chi connectivity index (χ0v) is 19.6. The number of para-hydroxylation sites is 2. The number of nitrogens with zero attached hydrogens (tertiary/aromatic N) is 4. The van der Waals surface area contributed by atoms with Gasteiger partial charge < -0.3 is 20.1 Å². The third kappa shape index (κ3) is 6.62. The Balaban J connectivity index is 0.00000280. The van der Waals surface area contributed by atoms with E-state index in [2.05, 4.69) is 55.2 Å². The fraction of sp³-hybridized carbons (Fsp3) is 0.619. The van der Waals surface area contributed by atoms with Gasteiger partial charge in [-0.3, -0.25) is 4.99 Å². The van der Waals surface area contributed by atoms with E-state index in [1.807, 2.05) is 13.1 Å². The molecule has 6 nitrogen and oxygen atoms in total. The molecule has 3 rings (SSSR count). The van der Waals surface area contributed by atoms with E-state index in [0.29, 0.717) is 0 Å². The number of halogens is 1. The highest BCUT2D eigenvalue weighted by Crippen LogP contribution is 2.14. The second-order valence-electron chi connectivity index (χ2n) is 7.33. The number of aryl methyl sites for hydroxylation is 1. The van der Waals surface area contributed by atoms with Crippen molar-refractivity contribution in [2.45, 2.75) is 45.6 Å². The number of nitrogens with one attached hydrogen (secondary N) is 2. The summed E-state index contributed by atoms with van der Waals surface area (Å²) in [6, 6.07) is 8.30. The van der Waals surface area contributed by atoms with E-state index in [1.54, 1.807) is 0 Å². The molecule has 1 aromatic heterocycles. The summed E-state index contributed by atoms with van der Waals surface area (Å²) in [7, 11) is 1.84. The Hall–Kier alpha value is -1.35. The van der Waals surface area contributed by atoms with E-state index in [4.69, 9.17) is 0 Å². The van der Waals surface area contributed by atoms with Crippen molar-refractivity contribution in [3.8, 4) is 0 Å². The first-order chi connectivity index (χ1) is 13.3. The molecule has 1 fully saturated rings. The van der Waals surface area contributed by atoms with Gasteiger partial charge in [-0.2, -0.15) is 0 Å². The molecule has 156 valence electrons. The van der Waals surface area contributed by atoms with Crippen LogP contribution in [-0.2, 0) is 6.54 Å². The number of hydrogen-bond donors (Lipinski definition) is 2. The van der Waals surface area contributed by atoms with Gasteiger partial charge in [0.15, 0.2) is 5.96 Å². The molecule has 0 unspecified atom stereocenters. The fourth-order valence-corrected chi connectivity index (χ4v) is 3.85. The number of aliphatic imine (C=N–C) groups is 1. The fourth-order valence-electron chi connectivity index (χ4n) is 3.85. The molecule has 1 saturated heterocycles. The van der Waals surface area contributed by atoms with Crippen molar-refractivity contribution >= 4 is 41.0 Å². The summed E-state index contributed by atoms with van der Waals surface area (Å²) in [4.78, 5) is 11.6. The predicted molar refractivity (Wildman–Crippen MR) is 129 cm³/mol. The number of aromatic nitrogens is 2. The predicted octanol–water partition coefficient (Wildman–Crippen LogP) is 3.39. The largest absolute Gasteiger partial charge is 0.356 e. The van der Waals surface area contributed by atoms with E-state index < -0.39 is 0 Å². The zero-order valence-electron chi connectivity index (χ0n) is 17.3. The van der Waals surface area contributed by atoms with Gasteiger partial charge in [0.2, 0.25) is 0 Å².